The average Bonchev–Trinajstić information content (AvgIpc) is 3.01. The SMILES string of the molecule is Cc1cc(C(=O)N2CC(NC(=O)N(C)C)C(C(C)C)C2)c(C)o1. The van der Waals surface area contributed by atoms with E-state index >= 15 is 0 Å². The van der Waals surface area contributed by atoms with Crippen LogP contribution in [0.5, 0.6) is 0 Å². The lowest BCUT2D eigenvalue weighted by molar-refractivity contribution is 0.0780. The fourth-order valence-electron chi connectivity index (χ4n) is 3.12. The van der Waals surface area contributed by atoms with E-state index in [1.54, 1.807) is 20.2 Å². The third-order valence-corrected chi connectivity index (χ3v) is 4.50. The second-order valence-electron chi connectivity index (χ2n) is 6.90. The number of nitrogens with one attached hydrogen (secondary N) is 1. The Hall–Kier alpha value is -1.98. The largest absolute Gasteiger partial charge is 0.466 e. The lowest BCUT2D eigenvalue weighted by Gasteiger charge is -2.24. The third kappa shape index (κ3) is 3.68. The Morgan fingerprint density at radius 2 is 1.96 bits per heavy atom. The fraction of sp³-hybridized carbons (Fsp3) is 0.647. The quantitative estimate of drug-likeness (QED) is 0.928. The maximum absolute atomic E-state index is 12.8. The summed E-state index contributed by atoms with van der Waals surface area (Å²) in [7, 11) is 3.43. The van der Waals surface area contributed by atoms with E-state index in [9.17, 15) is 9.59 Å². The molecule has 3 amide bonds. The predicted octanol–water partition coefficient (Wildman–Crippen LogP) is 2.26. The highest BCUT2D eigenvalue weighted by molar-refractivity contribution is 5.95. The number of furan rings is 1. The number of amides is 3. The van der Waals surface area contributed by atoms with E-state index in [0.717, 1.165) is 5.76 Å². The Bertz CT molecular complexity index is 592. The number of rotatable bonds is 3. The highest BCUT2D eigenvalue weighted by Gasteiger charge is 2.38. The second-order valence-corrected chi connectivity index (χ2v) is 6.90. The van der Waals surface area contributed by atoms with E-state index in [-0.39, 0.29) is 23.9 Å². The van der Waals surface area contributed by atoms with E-state index in [2.05, 4.69) is 19.2 Å². The minimum Gasteiger partial charge on any atom is -0.466 e. The molecule has 0 aliphatic carbocycles. The van der Waals surface area contributed by atoms with Gasteiger partial charge in [-0.2, -0.15) is 0 Å². The normalized spacial score (nSPS) is 20.9. The van der Waals surface area contributed by atoms with E-state index in [1.807, 2.05) is 18.7 Å². The van der Waals surface area contributed by atoms with Gasteiger partial charge in [-0.05, 0) is 25.8 Å². The summed E-state index contributed by atoms with van der Waals surface area (Å²) in [6, 6.07) is 1.64. The van der Waals surface area contributed by atoms with Crippen LogP contribution < -0.4 is 5.32 Å². The first-order valence-corrected chi connectivity index (χ1v) is 8.04. The number of hydrogen-bond donors (Lipinski definition) is 1. The lowest BCUT2D eigenvalue weighted by atomic mass is 9.91. The first kappa shape index (κ1) is 17.4. The molecular weight excluding hydrogens is 294 g/mol. The first-order valence-electron chi connectivity index (χ1n) is 8.04. The van der Waals surface area contributed by atoms with E-state index in [4.69, 9.17) is 4.42 Å². The van der Waals surface area contributed by atoms with Gasteiger partial charge in [-0.25, -0.2) is 4.79 Å². The Labute approximate surface area is 137 Å². The summed E-state index contributed by atoms with van der Waals surface area (Å²) < 4.78 is 5.47. The maximum Gasteiger partial charge on any atom is 0.317 e. The van der Waals surface area contributed by atoms with Gasteiger partial charge < -0.3 is 19.5 Å². The first-order chi connectivity index (χ1) is 10.7. The van der Waals surface area contributed by atoms with Crippen molar-refractivity contribution in [3.63, 3.8) is 0 Å². The highest BCUT2D eigenvalue weighted by atomic mass is 16.3. The summed E-state index contributed by atoms with van der Waals surface area (Å²) >= 11 is 0. The molecule has 1 saturated heterocycles. The van der Waals surface area contributed by atoms with Gasteiger partial charge in [0.2, 0.25) is 0 Å². The van der Waals surface area contributed by atoms with Gasteiger partial charge in [0.1, 0.15) is 11.5 Å². The second kappa shape index (κ2) is 6.64. The molecule has 1 fully saturated rings. The van der Waals surface area contributed by atoms with Crippen LogP contribution in [-0.2, 0) is 0 Å². The van der Waals surface area contributed by atoms with Gasteiger partial charge in [-0.1, -0.05) is 13.8 Å². The number of urea groups is 1. The molecule has 2 unspecified atom stereocenters. The molecule has 2 rings (SSSR count). The molecule has 0 spiro atoms. The van der Waals surface area contributed by atoms with Crippen molar-refractivity contribution in [3.05, 3.63) is 23.2 Å². The number of aryl methyl sites for hydroxylation is 2. The van der Waals surface area contributed by atoms with Gasteiger partial charge in [0.05, 0.1) is 11.6 Å². The predicted molar refractivity (Wildman–Crippen MR) is 88.4 cm³/mol. The molecule has 128 valence electrons. The van der Waals surface area contributed by atoms with Crippen LogP contribution in [0.1, 0.15) is 35.7 Å². The van der Waals surface area contributed by atoms with Gasteiger partial charge in [0.25, 0.3) is 5.91 Å². The van der Waals surface area contributed by atoms with Crippen LogP contribution in [0, 0.1) is 25.7 Å². The smallest absolute Gasteiger partial charge is 0.317 e. The van der Waals surface area contributed by atoms with Crippen molar-refractivity contribution in [1.29, 1.82) is 0 Å². The number of carbonyl (C=O) groups excluding carboxylic acids is 2. The van der Waals surface area contributed by atoms with E-state index in [1.165, 1.54) is 4.90 Å². The topological polar surface area (TPSA) is 65.8 Å². The molecule has 0 saturated carbocycles. The van der Waals surface area contributed by atoms with Crippen LogP contribution in [-0.4, -0.2) is 55.0 Å². The summed E-state index contributed by atoms with van der Waals surface area (Å²) in [5.74, 6) is 1.99. The standard InChI is InChI=1S/C17H27N3O3/c1-10(2)14-8-20(9-15(14)18-17(22)19(5)6)16(21)13-7-11(3)23-12(13)4/h7,10,14-15H,8-9H2,1-6H3,(H,18,22). The zero-order chi connectivity index (χ0) is 17.3. The molecule has 2 heterocycles. The Morgan fingerprint density at radius 1 is 1.30 bits per heavy atom. The molecular formula is C17H27N3O3. The van der Waals surface area contributed by atoms with Gasteiger partial charge in [0, 0.05) is 33.1 Å². The van der Waals surface area contributed by atoms with Gasteiger partial charge in [0.15, 0.2) is 0 Å². The summed E-state index contributed by atoms with van der Waals surface area (Å²) in [6.45, 7) is 9.08. The van der Waals surface area contributed by atoms with Crippen molar-refractivity contribution in [2.24, 2.45) is 11.8 Å². The zero-order valence-corrected chi connectivity index (χ0v) is 14.8. The Morgan fingerprint density at radius 3 is 2.43 bits per heavy atom. The van der Waals surface area contributed by atoms with E-state index in [0.29, 0.717) is 30.3 Å². The van der Waals surface area contributed by atoms with Gasteiger partial charge in [-0.15, -0.1) is 0 Å². The number of likely N-dealkylation sites (tertiary alicyclic amines) is 1. The minimum atomic E-state index is -0.120. The van der Waals surface area contributed by atoms with Crippen LogP contribution >= 0.6 is 0 Å². The minimum absolute atomic E-state index is 0.0217. The van der Waals surface area contributed by atoms with Crippen molar-refractivity contribution in [1.82, 2.24) is 15.1 Å². The van der Waals surface area contributed by atoms with Crippen LogP contribution in [0.25, 0.3) is 0 Å². The van der Waals surface area contributed by atoms with Crippen molar-refractivity contribution in [2.75, 3.05) is 27.2 Å². The van der Waals surface area contributed by atoms with Crippen LogP contribution in [0.2, 0.25) is 0 Å². The van der Waals surface area contributed by atoms with Crippen molar-refractivity contribution < 1.29 is 14.0 Å². The molecule has 0 bridgehead atoms. The lowest BCUT2D eigenvalue weighted by Crippen LogP contribution is -2.46. The van der Waals surface area contributed by atoms with Crippen molar-refractivity contribution >= 4 is 11.9 Å². The molecule has 23 heavy (non-hydrogen) atoms. The molecule has 1 aliphatic heterocycles. The van der Waals surface area contributed by atoms with Gasteiger partial charge in [-0.3, -0.25) is 4.79 Å². The maximum atomic E-state index is 12.8. The molecule has 1 aliphatic rings. The van der Waals surface area contributed by atoms with Crippen LogP contribution in [0.15, 0.2) is 10.5 Å². The monoisotopic (exact) mass is 321 g/mol. The fourth-order valence-corrected chi connectivity index (χ4v) is 3.12. The summed E-state index contributed by atoms with van der Waals surface area (Å²) in [6.07, 6.45) is 0. The summed E-state index contributed by atoms with van der Waals surface area (Å²) in [5.41, 5.74) is 0.615. The summed E-state index contributed by atoms with van der Waals surface area (Å²) in [5, 5.41) is 3.04. The molecule has 1 aromatic heterocycles. The van der Waals surface area contributed by atoms with Crippen LogP contribution in [0.4, 0.5) is 4.79 Å². The molecule has 2 atom stereocenters. The van der Waals surface area contributed by atoms with Crippen molar-refractivity contribution in [2.45, 2.75) is 33.7 Å². The third-order valence-electron chi connectivity index (χ3n) is 4.50. The highest BCUT2D eigenvalue weighted by Crippen LogP contribution is 2.27. The van der Waals surface area contributed by atoms with Gasteiger partial charge >= 0.3 is 6.03 Å². The Balaban J connectivity index is 2.14. The van der Waals surface area contributed by atoms with E-state index < -0.39 is 0 Å². The molecule has 1 N–H and O–H groups in total. The molecule has 0 radical (unpaired) electrons. The zero-order valence-electron chi connectivity index (χ0n) is 14.8. The average molecular weight is 321 g/mol. The molecule has 6 nitrogen and oxygen atoms in total. The molecule has 1 aromatic rings. The number of nitrogens with zero attached hydrogens (tertiary/aromatic N) is 2. The molecule has 0 aromatic carbocycles. The number of hydrogen-bond acceptors (Lipinski definition) is 3. The summed E-state index contributed by atoms with van der Waals surface area (Å²) in [4.78, 5) is 28.1. The Kier molecular flexibility index (Phi) is 5.02. The van der Waals surface area contributed by atoms with Crippen molar-refractivity contribution in [3.8, 4) is 0 Å². The van der Waals surface area contributed by atoms with Crippen LogP contribution in [0.3, 0.4) is 0 Å². The number of carbonyl (C=O) groups is 2. The molecule has 6 heteroatoms.